The van der Waals surface area contributed by atoms with E-state index in [0.717, 1.165) is 44.6 Å². The quantitative estimate of drug-likeness (QED) is 0.660. The minimum atomic E-state index is -0.220. The van der Waals surface area contributed by atoms with Crippen LogP contribution in [0.1, 0.15) is 41.7 Å². The van der Waals surface area contributed by atoms with Crippen molar-refractivity contribution in [1.82, 2.24) is 15.2 Å². The van der Waals surface area contributed by atoms with Crippen LogP contribution in [0.4, 0.5) is 10.5 Å². The highest BCUT2D eigenvalue weighted by molar-refractivity contribution is 5.96. The average Bonchev–Trinajstić information content (AvgIpc) is 3.52. The molecule has 2 N–H and O–H groups in total. The van der Waals surface area contributed by atoms with Gasteiger partial charge in [-0.15, -0.1) is 0 Å². The monoisotopic (exact) mass is 438 g/mol. The zero-order chi connectivity index (χ0) is 22.2. The molecule has 0 saturated carbocycles. The van der Waals surface area contributed by atoms with Crippen LogP contribution in [-0.2, 0) is 16.0 Å². The standard InChI is InChI=1S/C24H30N4O4/c29-23(26-15-20-7-1-2-11-25-20)18-6-3-8-19(14-18)27-24(30)28(16-21-9-4-12-31-21)17-22-10-5-13-32-22/h1-3,6-8,11,14,21-22H,4-5,9-10,12-13,15-17H2,(H,26,29)(H,27,30)/t21-,22-/m1/s1. The maximum absolute atomic E-state index is 13.1. The van der Waals surface area contributed by atoms with Crippen molar-refractivity contribution in [2.24, 2.45) is 0 Å². The van der Waals surface area contributed by atoms with Crippen molar-refractivity contribution in [3.63, 3.8) is 0 Å². The number of anilines is 1. The first-order chi connectivity index (χ1) is 15.7. The van der Waals surface area contributed by atoms with Crippen molar-refractivity contribution in [2.45, 2.75) is 44.4 Å². The van der Waals surface area contributed by atoms with Gasteiger partial charge in [0.2, 0.25) is 0 Å². The van der Waals surface area contributed by atoms with Gasteiger partial charge in [-0.05, 0) is 56.0 Å². The Morgan fingerprint density at radius 2 is 1.75 bits per heavy atom. The number of aromatic nitrogens is 1. The number of hydrogen-bond acceptors (Lipinski definition) is 5. The van der Waals surface area contributed by atoms with Gasteiger partial charge in [0, 0.05) is 43.8 Å². The molecular formula is C24H30N4O4. The predicted octanol–water partition coefficient (Wildman–Crippen LogP) is 3.20. The molecule has 2 aromatic rings. The molecule has 2 aliphatic heterocycles. The number of nitrogens with one attached hydrogen (secondary N) is 2. The van der Waals surface area contributed by atoms with Crippen molar-refractivity contribution in [2.75, 3.05) is 31.6 Å². The lowest BCUT2D eigenvalue weighted by Crippen LogP contribution is -2.44. The van der Waals surface area contributed by atoms with Crippen LogP contribution in [0.25, 0.3) is 0 Å². The van der Waals surface area contributed by atoms with Crippen LogP contribution < -0.4 is 10.6 Å². The predicted molar refractivity (Wildman–Crippen MR) is 120 cm³/mol. The van der Waals surface area contributed by atoms with Crippen molar-refractivity contribution >= 4 is 17.6 Å². The second-order valence-electron chi connectivity index (χ2n) is 8.19. The molecule has 0 spiro atoms. The van der Waals surface area contributed by atoms with Gasteiger partial charge in [0.15, 0.2) is 0 Å². The molecule has 3 heterocycles. The van der Waals surface area contributed by atoms with Crippen molar-refractivity contribution in [1.29, 1.82) is 0 Å². The maximum Gasteiger partial charge on any atom is 0.322 e. The Balaban J connectivity index is 1.37. The van der Waals surface area contributed by atoms with Crippen molar-refractivity contribution in [3.05, 3.63) is 59.9 Å². The third kappa shape index (κ3) is 6.27. The second-order valence-corrected chi connectivity index (χ2v) is 8.19. The Hall–Kier alpha value is -2.97. The summed E-state index contributed by atoms with van der Waals surface area (Å²) in [6, 6.07) is 12.3. The van der Waals surface area contributed by atoms with Gasteiger partial charge in [-0.2, -0.15) is 0 Å². The molecule has 2 fully saturated rings. The molecular weight excluding hydrogens is 408 g/mol. The molecule has 3 amide bonds. The Morgan fingerprint density at radius 3 is 2.38 bits per heavy atom. The highest BCUT2D eigenvalue weighted by atomic mass is 16.5. The highest BCUT2D eigenvalue weighted by Crippen LogP contribution is 2.19. The fourth-order valence-corrected chi connectivity index (χ4v) is 4.02. The van der Waals surface area contributed by atoms with E-state index in [1.165, 1.54) is 0 Å². The molecule has 2 atom stereocenters. The first-order valence-corrected chi connectivity index (χ1v) is 11.2. The van der Waals surface area contributed by atoms with E-state index < -0.39 is 0 Å². The van der Waals surface area contributed by atoms with Gasteiger partial charge in [-0.3, -0.25) is 9.78 Å². The lowest BCUT2D eigenvalue weighted by atomic mass is 10.2. The number of pyridine rings is 1. The summed E-state index contributed by atoms with van der Waals surface area (Å²) in [5.41, 5.74) is 1.83. The number of urea groups is 1. The molecule has 0 unspecified atom stereocenters. The van der Waals surface area contributed by atoms with Gasteiger partial charge in [-0.1, -0.05) is 12.1 Å². The van der Waals surface area contributed by atoms with Gasteiger partial charge in [-0.25, -0.2) is 4.79 Å². The van der Waals surface area contributed by atoms with E-state index in [-0.39, 0.29) is 24.1 Å². The third-order valence-corrected chi connectivity index (χ3v) is 5.72. The van der Waals surface area contributed by atoms with E-state index in [1.54, 1.807) is 35.4 Å². The normalized spacial score (nSPS) is 20.1. The van der Waals surface area contributed by atoms with E-state index in [1.807, 2.05) is 18.2 Å². The fourth-order valence-electron chi connectivity index (χ4n) is 4.02. The molecule has 0 bridgehead atoms. The third-order valence-electron chi connectivity index (χ3n) is 5.72. The SMILES string of the molecule is O=C(NCc1ccccn1)c1cccc(NC(=O)N(C[C@H]2CCCO2)C[C@H]2CCCO2)c1. The number of rotatable bonds is 8. The fraction of sp³-hybridized carbons (Fsp3) is 0.458. The first kappa shape index (κ1) is 22.2. The number of hydrogen-bond donors (Lipinski definition) is 2. The van der Waals surface area contributed by atoms with Gasteiger partial charge in [0.1, 0.15) is 0 Å². The Morgan fingerprint density at radius 1 is 1.00 bits per heavy atom. The minimum Gasteiger partial charge on any atom is -0.376 e. The molecule has 170 valence electrons. The number of carbonyl (C=O) groups is 2. The van der Waals surface area contributed by atoms with Crippen LogP contribution in [0, 0.1) is 0 Å². The largest absolute Gasteiger partial charge is 0.376 e. The summed E-state index contributed by atoms with van der Waals surface area (Å²) in [7, 11) is 0. The topological polar surface area (TPSA) is 92.8 Å². The minimum absolute atomic E-state index is 0.0610. The zero-order valence-corrected chi connectivity index (χ0v) is 18.2. The Labute approximate surface area is 188 Å². The van der Waals surface area contributed by atoms with Crippen LogP contribution in [0.3, 0.4) is 0 Å². The van der Waals surface area contributed by atoms with Crippen LogP contribution in [0.2, 0.25) is 0 Å². The molecule has 1 aromatic heterocycles. The molecule has 32 heavy (non-hydrogen) atoms. The van der Waals surface area contributed by atoms with Gasteiger partial charge in [0.25, 0.3) is 5.91 Å². The van der Waals surface area contributed by atoms with E-state index in [4.69, 9.17) is 9.47 Å². The van der Waals surface area contributed by atoms with Crippen LogP contribution in [-0.4, -0.2) is 60.3 Å². The molecule has 0 aliphatic carbocycles. The summed E-state index contributed by atoms with van der Waals surface area (Å²) < 4.78 is 11.5. The van der Waals surface area contributed by atoms with Crippen molar-refractivity contribution < 1.29 is 19.1 Å². The number of benzene rings is 1. The van der Waals surface area contributed by atoms with E-state index in [9.17, 15) is 9.59 Å². The summed E-state index contributed by atoms with van der Waals surface area (Å²) in [4.78, 5) is 31.6. The van der Waals surface area contributed by atoms with Crippen LogP contribution in [0.5, 0.6) is 0 Å². The highest BCUT2D eigenvalue weighted by Gasteiger charge is 2.27. The number of amides is 3. The number of ether oxygens (including phenoxy) is 2. The smallest absolute Gasteiger partial charge is 0.322 e. The number of carbonyl (C=O) groups excluding carboxylic acids is 2. The molecule has 4 rings (SSSR count). The molecule has 8 heteroatoms. The summed E-state index contributed by atoms with van der Waals surface area (Å²) in [6.45, 7) is 2.91. The Bertz CT molecular complexity index is 878. The van der Waals surface area contributed by atoms with E-state index in [2.05, 4.69) is 15.6 Å². The average molecular weight is 439 g/mol. The van der Waals surface area contributed by atoms with Gasteiger partial charge in [0.05, 0.1) is 24.4 Å². The molecule has 0 radical (unpaired) electrons. The number of nitrogens with zero attached hydrogens (tertiary/aromatic N) is 2. The Kier molecular flexibility index (Phi) is 7.68. The van der Waals surface area contributed by atoms with Gasteiger partial charge >= 0.3 is 6.03 Å². The molecule has 8 nitrogen and oxygen atoms in total. The second kappa shape index (κ2) is 11.1. The van der Waals surface area contributed by atoms with E-state index >= 15 is 0 Å². The lowest BCUT2D eigenvalue weighted by molar-refractivity contribution is 0.0524. The van der Waals surface area contributed by atoms with Crippen molar-refractivity contribution in [3.8, 4) is 0 Å². The van der Waals surface area contributed by atoms with Gasteiger partial charge < -0.3 is 25.0 Å². The summed E-state index contributed by atoms with van der Waals surface area (Å²) >= 11 is 0. The lowest BCUT2D eigenvalue weighted by Gasteiger charge is -2.28. The van der Waals surface area contributed by atoms with Crippen LogP contribution >= 0.6 is 0 Å². The van der Waals surface area contributed by atoms with E-state index in [0.29, 0.717) is 30.9 Å². The summed E-state index contributed by atoms with van der Waals surface area (Å²) in [5.74, 6) is -0.220. The molecule has 2 aliphatic rings. The maximum atomic E-state index is 13.1. The summed E-state index contributed by atoms with van der Waals surface area (Å²) in [6.07, 6.45) is 5.78. The zero-order valence-electron chi connectivity index (χ0n) is 18.2. The van der Waals surface area contributed by atoms with Crippen LogP contribution in [0.15, 0.2) is 48.7 Å². The summed E-state index contributed by atoms with van der Waals surface area (Å²) in [5, 5.41) is 5.80. The molecule has 2 saturated heterocycles. The molecule has 1 aromatic carbocycles. The first-order valence-electron chi connectivity index (χ1n) is 11.2.